The summed E-state index contributed by atoms with van der Waals surface area (Å²) in [6, 6.07) is 4.84. The van der Waals surface area contributed by atoms with E-state index in [1.165, 1.54) is 0 Å². The monoisotopic (exact) mass is 354 g/mol. The van der Waals surface area contributed by atoms with Gasteiger partial charge in [-0.1, -0.05) is 5.16 Å². The highest BCUT2D eigenvalue weighted by Gasteiger charge is 2.23. The van der Waals surface area contributed by atoms with Crippen LogP contribution in [-0.2, 0) is 6.54 Å². The van der Waals surface area contributed by atoms with Gasteiger partial charge in [0.1, 0.15) is 6.07 Å². The Morgan fingerprint density at radius 2 is 2.08 bits per heavy atom. The molecule has 0 bridgehead atoms. The van der Waals surface area contributed by atoms with E-state index in [-0.39, 0.29) is 0 Å². The Hall–Kier alpha value is -2.46. The molecule has 0 saturated carbocycles. The number of anilines is 1. The van der Waals surface area contributed by atoms with Crippen molar-refractivity contribution in [3.05, 3.63) is 34.7 Å². The van der Waals surface area contributed by atoms with Crippen LogP contribution in [0.2, 0.25) is 0 Å². The first-order valence-corrected chi connectivity index (χ1v) is 9.10. The summed E-state index contributed by atoms with van der Waals surface area (Å²) in [5.74, 6) is 1.34. The highest BCUT2D eigenvalue weighted by atomic mass is 16.5. The van der Waals surface area contributed by atoms with Gasteiger partial charge in [0, 0.05) is 31.7 Å². The molecule has 0 aromatic carbocycles. The SMILES string of the molecule is Cc1cc(N2CCCC(N(C)Cc3noc(C)n3)CC2)c(C#N)c(C)n1. The molecule has 2 aromatic heterocycles. The molecule has 1 atom stereocenters. The van der Waals surface area contributed by atoms with E-state index in [1.54, 1.807) is 0 Å². The van der Waals surface area contributed by atoms with Crippen LogP contribution in [0.5, 0.6) is 0 Å². The molecule has 2 aromatic rings. The lowest BCUT2D eigenvalue weighted by Crippen LogP contribution is -2.33. The van der Waals surface area contributed by atoms with E-state index in [4.69, 9.17) is 4.52 Å². The van der Waals surface area contributed by atoms with Gasteiger partial charge in [0.2, 0.25) is 5.89 Å². The van der Waals surface area contributed by atoms with Crippen molar-refractivity contribution in [2.45, 2.75) is 52.6 Å². The molecule has 0 N–H and O–H groups in total. The summed E-state index contributed by atoms with van der Waals surface area (Å²) >= 11 is 0. The van der Waals surface area contributed by atoms with Crippen LogP contribution in [0.25, 0.3) is 0 Å². The summed E-state index contributed by atoms with van der Waals surface area (Å²) in [7, 11) is 2.12. The first-order valence-electron chi connectivity index (χ1n) is 9.10. The minimum atomic E-state index is 0.466. The van der Waals surface area contributed by atoms with Crippen molar-refractivity contribution >= 4 is 5.69 Å². The number of aryl methyl sites for hydroxylation is 3. The molecule has 3 rings (SSSR count). The van der Waals surface area contributed by atoms with Crippen LogP contribution in [-0.4, -0.2) is 46.2 Å². The molecule has 0 spiro atoms. The number of nitrogens with zero attached hydrogens (tertiary/aromatic N) is 6. The molecular weight excluding hydrogens is 328 g/mol. The maximum atomic E-state index is 9.55. The molecule has 1 unspecified atom stereocenters. The number of rotatable bonds is 4. The lowest BCUT2D eigenvalue weighted by Gasteiger charge is -2.27. The van der Waals surface area contributed by atoms with Gasteiger partial charge in [0.25, 0.3) is 0 Å². The second kappa shape index (κ2) is 7.83. The molecular formula is C19H26N6O. The summed E-state index contributed by atoms with van der Waals surface area (Å²) in [5, 5.41) is 13.5. The van der Waals surface area contributed by atoms with Crippen LogP contribution in [0.1, 0.15) is 47.9 Å². The van der Waals surface area contributed by atoms with Crippen molar-refractivity contribution in [2.24, 2.45) is 0 Å². The van der Waals surface area contributed by atoms with Crippen LogP contribution in [0.3, 0.4) is 0 Å². The van der Waals surface area contributed by atoms with Gasteiger partial charge in [-0.2, -0.15) is 10.2 Å². The summed E-state index contributed by atoms with van der Waals surface area (Å²) in [6.45, 7) is 8.29. The highest BCUT2D eigenvalue weighted by Crippen LogP contribution is 2.27. The molecule has 7 nitrogen and oxygen atoms in total. The van der Waals surface area contributed by atoms with E-state index in [0.29, 0.717) is 24.0 Å². The normalized spacial score (nSPS) is 18.0. The first kappa shape index (κ1) is 18.3. The van der Waals surface area contributed by atoms with Crippen LogP contribution in [0, 0.1) is 32.1 Å². The Bertz CT molecular complexity index is 809. The molecule has 0 aliphatic carbocycles. The van der Waals surface area contributed by atoms with Gasteiger partial charge in [-0.15, -0.1) is 0 Å². The molecule has 1 saturated heterocycles. The largest absolute Gasteiger partial charge is 0.370 e. The fourth-order valence-corrected chi connectivity index (χ4v) is 3.71. The minimum absolute atomic E-state index is 0.466. The fourth-order valence-electron chi connectivity index (χ4n) is 3.71. The van der Waals surface area contributed by atoms with Gasteiger partial charge in [0.05, 0.1) is 23.5 Å². The van der Waals surface area contributed by atoms with Crippen molar-refractivity contribution in [3.63, 3.8) is 0 Å². The quantitative estimate of drug-likeness (QED) is 0.835. The number of aromatic nitrogens is 3. The van der Waals surface area contributed by atoms with Crippen LogP contribution >= 0.6 is 0 Å². The van der Waals surface area contributed by atoms with Crippen LogP contribution < -0.4 is 4.90 Å². The molecule has 3 heterocycles. The zero-order chi connectivity index (χ0) is 18.7. The zero-order valence-electron chi connectivity index (χ0n) is 16.0. The predicted octanol–water partition coefficient (Wildman–Crippen LogP) is 2.75. The smallest absolute Gasteiger partial charge is 0.223 e. The maximum absolute atomic E-state index is 9.55. The third kappa shape index (κ3) is 4.02. The molecule has 1 aliphatic heterocycles. The Balaban J connectivity index is 1.70. The van der Waals surface area contributed by atoms with Crippen molar-refractivity contribution in [3.8, 4) is 6.07 Å². The van der Waals surface area contributed by atoms with Crippen molar-refractivity contribution < 1.29 is 4.52 Å². The third-order valence-electron chi connectivity index (χ3n) is 5.04. The van der Waals surface area contributed by atoms with Crippen molar-refractivity contribution in [2.75, 3.05) is 25.0 Å². The predicted molar refractivity (Wildman–Crippen MR) is 98.8 cm³/mol. The summed E-state index contributed by atoms with van der Waals surface area (Å²) < 4.78 is 5.07. The van der Waals surface area contributed by atoms with E-state index in [2.05, 4.69) is 38.0 Å². The van der Waals surface area contributed by atoms with Gasteiger partial charge in [0.15, 0.2) is 5.82 Å². The molecule has 138 valence electrons. The standard InChI is InChI=1S/C19H26N6O/c1-13-10-18(17(11-20)14(2)21-13)25-8-5-6-16(7-9-25)24(4)12-19-22-15(3)26-23-19/h10,16H,5-9,12H2,1-4H3. The zero-order valence-corrected chi connectivity index (χ0v) is 16.0. The average molecular weight is 354 g/mol. The highest BCUT2D eigenvalue weighted by molar-refractivity contribution is 5.61. The lowest BCUT2D eigenvalue weighted by molar-refractivity contribution is 0.209. The van der Waals surface area contributed by atoms with E-state index in [9.17, 15) is 5.26 Å². The topological polar surface area (TPSA) is 82.1 Å². The van der Waals surface area contributed by atoms with E-state index >= 15 is 0 Å². The third-order valence-corrected chi connectivity index (χ3v) is 5.04. The summed E-state index contributed by atoms with van der Waals surface area (Å²) in [4.78, 5) is 13.4. The van der Waals surface area contributed by atoms with Gasteiger partial charge in [-0.3, -0.25) is 9.88 Å². The fraction of sp³-hybridized carbons (Fsp3) is 0.579. The van der Waals surface area contributed by atoms with Gasteiger partial charge < -0.3 is 9.42 Å². The molecule has 0 amide bonds. The van der Waals surface area contributed by atoms with Crippen LogP contribution in [0.15, 0.2) is 10.6 Å². The summed E-state index contributed by atoms with van der Waals surface area (Å²) in [6.07, 6.45) is 3.25. The number of hydrogen-bond donors (Lipinski definition) is 0. The Kier molecular flexibility index (Phi) is 5.52. The Morgan fingerprint density at radius 3 is 2.77 bits per heavy atom. The van der Waals surface area contributed by atoms with Crippen molar-refractivity contribution in [1.82, 2.24) is 20.0 Å². The molecule has 1 aliphatic rings. The van der Waals surface area contributed by atoms with E-state index < -0.39 is 0 Å². The Labute approximate surface area is 154 Å². The van der Waals surface area contributed by atoms with Gasteiger partial charge in [-0.25, -0.2) is 0 Å². The number of nitriles is 1. The molecule has 0 radical (unpaired) electrons. The lowest BCUT2D eigenvalue weighted by atomic mass is 10.1. The van der Waals surface area contributed by atoms with Crippen molar-refractivity contribution in [1.29, 1.82) is 5.26 Å². The molecule has 1 fully saturated rings. The van der Waals surface area contributed by atoms with Gasteiger partial charge in [-0.05, 0) is 46.2 Å². The maximum Gasteiger partial charge on any atom is 0.223 e. The van der Waals surface area contributed by atoms with E-state index in [1.807, 2.05) is 26.8 Å². The van der Waals surface area contributed by atoms with Crippen LogP contribution in [0.4, 0.5) is 5.69 Å². The Morgan fingerprint density at radius 1 is 1.27 bits per heavy atom. The van der Waals surface area contributed by atoms with Gasteiger partial charge >= 0.3 is 0 Å². The summed E-state index contributed by atoms with van der Waals surface area (Å²) in [5.41, 5.74) is 3.49. The molecule has 7 heteroatoms. The second-order valence-corrected chi connectivity index (χ2v) is 7.07. The number of hydrogen-bond acceptors (Lipinski definition) is 7. The molecule has 26 heavy (non-hydrogen) atoms. The van der Waals surface area contributed by atoms with E-state index in [0.717, 1.165) is 55.3 Å². The number of pyridine rings is 1. The second-order valence-electron chi connectivity index (χ2n) is 7.07. The average Bonchev–Trinajstić information content (AvgIpc) is 2.85. The minimum Gasteiger partial charge on any atom is -0.370 e. The first-order chi connectivity index (χ1) is 12.5.